The number of aryl methyl sites for hydroxylation is 1. The maximum atomic E-state index is 9.28. The van der Waals surface area contributed by atoms with Gasteiger partial charge in [0.05, 0.1) is 12.1 Å². The number of rotatable bonds is 2. The first-order chi connectivity index (χ1) is 6.02. The predicted molar refractivity (Wildman–Crippen MR) is 52.0 cm³/mol. The summed E-state index contributed by atoms with van der Waals surface area (Å²) in [6, 6.07) is 1.35. The summed E-state index contributed by atoms with van der Waals surface area (Å²) < 4.78 is 0. The van der Waals surface area contributed by atoms with Crippen LogP contribution in [0.4, 0.5) is 5.82 Å². The van der Waals surface area contributed by atoms with Gasteiger partial charge in [0.25, 0.3) is 0 Å². The van der Waals surface area contributed by atoms with E-state index < -0.39 is 12.1 Å². The van der Waals surface area contributed by atoms with Crippen molar-refractivity contribution < 1.29 is 5.11 Å². The quantitative estimate of drug-likeness (QED) is 0.614. The lowest BCUT2D eigenvalue weighted by Gasteiger charge is -2.16. The molecule has 0 fully saturated rings. The van der Waals surface area contributed by atoms with E-state index in [0.717, 1.165) is 11.1 Å². The van der Waals surface area contributed by atoms with Crippen LogP contribution in [0.5, 0.6) is 0 Å². The van der Waals surface area contributed by atoms with Crippen LogP contribution in [0.3, 0.4) is 0 Å². The van der Waals surface area contributed by atoms with Gasteiger partial charge in [-0.1, -0.05) is 0 Å². The van der Waals surface area contributed by atoms with Crippen LogP contribution in [0, 0.1) is 6.92 Å². The molecule has 2 atom stereocenters. The molecule has 5 N–H and O–H groups in total. The molecule has 0 saturated heterocycles. The summed E-state index contributed by atoms with van der Waals surface area (Å²) in [6.45, 7) is 3.55. The van der Waals surface area contributed by atoms with E-state index in [2.05, 4.69) is 4.98 Å². The number of aliphatic hydroxyl groups is 1. The number of pyridine rings is 1. The van der Waals surface area contributed by atoms with E-state index in [1.54, 1.807) is 19.2 Å². The Labute approximate surface area is 77.6 Å². The average Bonchev–Trinajstić information content (AvgIpc) is 2.03. The number of hydrogen-bond donors (Lipinski definition) is 3. The lowest BCUT2D eigenvalue weighted by molar-refractivity contribution is 0.164. The Kier molecular flexibility index (Phi) is 2.85. The van der Waals surface area contributed by atoms with Crippen molar-refractivity contribution in [2.24, 2.45) is 5.73 Å². The molecule has 0 aliphatic carbocycles. The van der Waals surface area contributed by atoms with E-state index in [0.29, 0.717) is 5.82 Å². The van der Waals surface area contributed by atoms with Crippen molar-refractivity contribution >= 4 is 5.82 Å². The topological polar surface area (TPSA) is 85.2 Å². The summed E-state index contributed by atoms with van der Waals surface area (Å²) in [4.78, 5) is 3.93. The molecule has 0 aliphatic rings. The molecule has 0 amide bonds. The van der Waals surface area contributed by atoms with Gasteiger partial charge in [0.2, 0.25) is 0 Å². The Hall–Kier alpha value is -1.13. The molecule has 1 heterocycles. The molecule has 0 saturated carbocycles. The van der Waals surface area contributed by atoms with E-state index in [4.69, 9.17) is 11.5 Å². The first-order valence-corrected chi connectivity index (χ1v) is 4.18. The Morgan fingerprint density at radius 3 is 2.62 bits per heavy atom. The summed E-state index contributed by atoms with van der Waals surface area (Å²) >= 11 is 0. The predicted octanol–water partition coefficient (Wildman–Crippen LogP) is 0.353. The highest BCUT2D eigenvalue weighted by molar-refractivity contribution is 5.37. The van der Waals surface area contributed by atoms with Crippen LogP contribution in [-0.2, 0) is 0 Å². The second-order valence-electron chi connectivity index (χ2n) is 3.23. The van der Waals surface area contributed by atoms with Crippen molar-refractivity contribution in [1.29, 1.82) is 0 Å². The van der Waals surface area contributed by atoms with Crippen LogP contribution in [0.1, 0.15) is 24.1 Å². The summed E-state index contributed by atoms with van der Waals surface area (Å²) in [5, 5.41) is 9.28. The van der Waals surface area contributed by atoms with Gasteiger partial charge in [-0.25, -0.2) is 4.98 Å². The molecule has 13 heavy (non-hydrogen) atoms. The smallest absolute Gasteiger partial charge is 0.123 e. The highest BCUT2D eigenvalue weighted by atomic mass is 16.3. The lowest BCUT2D eigenvalue weighted by atomic mass is 10.0. The minimum atomic E-state index is -0.580. The van der Waals surface area contributed by atoms with Crippen molar-refractivity contribution in [1.82, 2.24) is 4.98 Å². The van der Waals surface area contributed by atoms with E-state index in [-0.39, 0.29) is 0 Å². The molecule has 0 aliphatic heterocycles. The molecule has 4 heteroatoms. The number of nitrogens with zero attached hydrogens (tertiary/aromatic N) is 1. The fourth-order valence-corrected chi connectivity index (χ4v) is 1.20. The number of aliphatic hydroxyl groups excluding tert-OH is 1. The van der Waals surface area contributed by atoms with Gasteiger partial charge >= 0.3 is 0 Å². The van der Waals surface area contributed by atoms with Gasteiger partial charge in [-0.15, -0.1) is 0 Å². The van der Waals surface area contributed by atoms with E-state index in [1.165, 1.54) is 0 Å². The van der Waals surface area contributed by atoms with Gasteiger partial charge in [-0.3, -0.25) is 0 Å². The molecule has 1 aromatic rings. The molecular weight excluding hydrogens is 166 g/mol. The Morgan fingerprint density at radius 2 is 2.15 bits per heavy atom. The van der Waals surface area contributed by atoms with Gasteiger partial charge in [0.15, 0.2) is 0 Å². The zero-order valence-electron chi connectivity index (χ0n) is 7.86. The maximum absolute atomic E-state index is 9.28. The normalized spacial score (nSPS) is 15.4. The molecule has 0 bridgehead atoms. The van der Waals surface area contributed by atoms with Crippen molar-refractivity contribution in [3.8, 4) is 0 Å². The fraction of sp³-hybridized carbons (Fsp3) is 0.444. The van der Waals surface area contributed by atoms with Crippen molar-refractivity contribution in [2.75, 3.05) is 5.73 Å². The number of nitrogens with two attached hydrogens (primary N) is 2. The Balaban J connectivity index is 3.01. The minimum Gasteiger partial charge on any atom is -0.391 e. The standard InChI is InChI=1S/C9H15N3O/c1-5-3-8(10)12-4-7(5)9(11)6(2)13/h3-4,6,9,13H,11H2,1-2H3,(H2,10,12)/t6-,9-/m1/s1. The summed E-state index contributed by atoms with van der Waals surface area (Å²) in [6.07, 6.45) is 1.03. The average molecular weight is 181 g/mol. The summed E-state index contributed by atoms with van der Waals surface area (Å²) in [7, 11) is 0. The second-order valence-corrected chi connectivity index (χ2v) is 3.23. The Morgan fingerprint density at radius 1 is 1.54 bits per heavy atom. The van der Waals surface area contributed by atoms with Crippen molar-refractivity contribution in [3.05, 3.63) is 23.4 Å². The van der Waals surface area contributed by atoms with Gasteiger partial charge in [-0.05, 0) is 31.0 Å². The maximum Gasteiger partial charge on any atom is 0.123 e. The Bertz CT molecular complexity index is 299. The number of anilines is 1. The van der Waals surface area contributed by atoms with Crippen LogP contribution < -0.4 is 11.5 Å². The molecule has 0 radical (unpaired) electrons. The van der Waals surface area contributed by atoms with Gasteiger partial charge in [0, 0.05) is 6.20 Å². The molecule has 0 unspecified atom stereocenters. The van der Waals surface area contributed by atoms with Crippen LogP contribution in [0.2, 0.25) is 0 Å². The monoisotopic (exact) mass is 181 g/mol. The van der Waals surface area contributed by atoms with E-state index in [1.807, 2.05) is 6.92 Å². The number of nitrogen functional groups attached to an aromatic ring is 1. The summed E-state index contributed by atoms with van der Waals surface area (Å²) in [5.74, 6) is 0.471. The first kappa shape index (κ1) is 9.95. The zero-order chi connectivity index (χ0) is 10.0. The third-order valence-electron chi connectivity index (χ3n) is 2.05. The third kappa shape index (κ3) is 2.17. The molecule has 0 aromatic carbocycles. The van der Waals surface area contributed by atoms with Crippen LogP contribution in [0.15, 0.2) is 12.3 Å². The van der Waals surface area contributed by atoms with Gasteiger partial charge < -0.3 is 16.6 Å². The second kappa shape index (κ2) is 3.72. The van der Waals surface area contributed by atoms with E-state index in [9.17, 15) is 5.11 Å². The van der Waals surface area contributed by atoms with Crippen LogP contribution in [-0.4, -0.2) is 16.2 Å². The minimum absolute atomic E-state index is 0.395. The number of aromatic nitrogens is 1. The third-order valence-corrected chi connectivity index (χ3v) is 2.05. The molecule has 1 aromatic heterocycles. The SMILES string of the molecule is Cc1cc(N)ncc1[C@H](N)[C@@H](C)O. The molecule has 72 valence electrons. The highest BCUT2D eigenvalue weighted by Crippen LogP contribution is 2.18. The van der Waals surface area contributed by atoms with Crippen molar-refractivity contribution in [3.63, 3.8) is 0 Å². The summed E-state index contributed by atoms with van der Waals surface area (Å²) in [5.41, 5.74) is 13.0. The molecule has 4 nitrogen and oxygen atoms in total. The highest BCUT2D eigenvalue weighted by Gasteiger charge is 2.14. The largest absolute Gasteiger partial charge is 0.391 e. The van der Waals surface area contributed by atoms with Crippen LogP contribution >= 0.6 is 0 Å². The first-order valence-electron chi connectivity index (χ1n) is 4.18. The zero-order valence-corrected chi connectivity index (χ0v) is 7.86. The number of hydrogen-bond acceptors (Lipinski definition) is 4. The lowest BCUT2D eigenvalue weighted by Crippen LogP contribution is -2.24. The van der Waals surface area contributed by atoms with Gasteiger partial charge in [-0.2, -0.15) is 0 Å². The molecular formula is C9H15N3O. The van der Waals surface area contributed by atoms with Gasteiger partial charge in [0.1, 0.15) is 5.82 Å². The molecule has 1 rings (SSSR count). The molecule has 0 spiro atoms. The fourth-order valence-electron chi connectivity index (χ4n) is 1.20. The van der Waals surface area contributed by atoms with E-state index >= 15 is 0 Å². The van der Waals surface area contributed by atoms with Crippen LogP contribution in [0.25, 0.3) is 0 Å². The van der Waals surface area contributed by atoms with Crippen molar-refractivity contribution in [2.45, 2.75) is 26.0 Å².